The van der Waals surface area contributed by atoms with Crippen molar-refractivity contribution in [3.05, 3.63) is 29.5 Å². The van der Waals surface area contributed by atoms with Crippen LogP contribution in [0.2, 0.25) is 0 Å². The molecule has 0 unspecified atom stereocenters. The molecule has 9 nitrogen and oxygen atoms in total. The van der Waals surface area contributed by atoms with Gasteiger partial charge < -0.3 is 10.0 Å². The Morgan fingerprint density at radius 2 is 1.83 bits per heavy atom. The van der Waals surface area contributed by atoms with Crippen LogP contribution in [0.5, 0.6) is 5.75 Å². The van der Waals surface area contributed by atoms with Gasteiger partial charge >= 0.3 is 6.18 Å². The number of phenols is 1. The van der Waals surface area contributed by atoms with Crippen molar-refractivity contribution >= 4 is 27.0 Å². The van der Waals surface area contributed by atoms with Gasteiger partial charge in [-0.3, -0.25) is 0 Å². The smallest absolute Gasteiger partial charge is 0.419 e. The summed E-state index contributed by atoms with van der Waals surface area (Å²) in [6, 6.07) is 0.254. The van der Waals surface area contributed by atoms with Crippen LogP contribution in [-0.2, 0) is 23.2 Å². The van der Waals surface area contributed by atoms with E-state index in [9.17, 15) is 35.5 Å². The highest BCUT2D eigenvalue weighted by atomic mass is 32.2. The first kappa shape index (κ1) is 23.7. The minimum absolute atomic E-state index is 0.0916. The van der Waals surface area contributed by atoms with Crippen molar-refractivity contribution in [2.45, 2.75) is 24.6 Å². The van der Waals surface area contributed by atoms with E-state index in [-0.39, 0.29) is 41.8 Å². The Kier molecular flexibility index (Phi) is 5.05. The van der Waals surface area contributed by atoms with Gasteiger partial charge in [0.05, 0.1) is 22.7 Å². The Balaban J connectivity index is 1.58. The van der Waals surface area contributed by atoms with Gasteiger partial charge in [-0.25, -0.2) is 26.9 Å². The number of alkyl halides is 3. The molecular formula is C20H19F5N6O3S. The minimum atomic E-state index is -5.18. The topological polar surface area (TPSA) is 104 Å². The Morgan fingerprint density at radius 1 is 1.14 bits per heavy atom. The maximum absolute atomic E-state index is 14.7. The summed E-state index contributed by atoms with van der Waals surface area (Å²) in [4.78, 5) is 10.7. The van der Waals surface area contributed by atoms with Crippen LogP contribution >= 0.6 is 0 Å². The summed E-state index contributed by atoms with van der Waals surface area (Å²) in [7, 11) is -1.92. The first-order valence-electron chi connectivity index (χ1n) is 10.4. The number of hydrogen-bond acceptors (Lipinski definition) is 7. The number of nitrogens with zero attached hydrogens (tertiary/aromatic N) is 6. The van der Waals surface area contributed by atoms with Gasteiger partial charge in [0.1, 0.15) is 5.69 Å². The standard InChI is InChI=1S/C20H19F5N6O3S/c1-29-17-11(15(28-29)10-7-12(20(23,24)25)14(22)16(32)13(10)21)8-26-18(27-17)31-6-5-30(35(2,33)34)9-19(31)3-4-19/h7-8,32H,3-6,9H2,1-2H3. The third kappa shape index (κ3) is 3.76. The largest absolute Gasteiger partial charge is 0.503 e. The molecule has 15 heteroatoms. The van der Waals surface area contributed by atoms with Crippen LogP contribution in [-0.4, -0.2) is 69.0 Å². The van der Waals surface area contributed by atoms with Crippen molar-refractivity contribution in [2.75, 3.05) is 30.8 Å². The van der Waals surface area contributed by atoms with E-state index in [1.54, 1.807) is 0 Å². The number of piperazine rings is 1. The molecule has 5 rings (SSSR count). The first-order valence-corrected chi connectivity index (χ1v) is 12.3. The number of aromatic hydroxyl groups is 1. The van der Waals surface area contributed by atoms with Crippen molar-refractivity contribution in [3.63, 3.8) is 0 Å². The number of benzene rings is 1. The van der Waals surface area contributed by atoms with Crippen molar-refractivity contribution in [1.29, 1.82) is 0 Å². The van der Waals surface area contributed by atoms with E-state index < -0.39 is 50.2 Å². The molecule has 0 atom stereocenters. The number of sulfonamides is 1. The molecule has 1 saturated carbocycles. The summed E-state index contributed by atoms with van der Waals surface area (Å²) in [5.41, 5.74) is -3.16. The minimum Gasteiger partial charge on any atom is -0.503 e. The van der Waals surface area contributed by atoms with Crippen molar-refractivity contribution in [1.82, 2.24) is 24.1 Å². The lowest BCUT2D eigenvalue weighted by Gasteiger charge is -2.41. The third-order valence-corrected chi connectivity index (χ3v) is 7.71. The summed E-state index contributed by atoms with van der Waals surface area (Å²) in [5, 5.41) is 13.8. The Labute approximate surface area is 195 Å². The average molecular weight is 518 g/mol. The van der Waals surface area contributed by atoms with Gasteiger partial charge in [-0.05, 0) is 18.9 Å². The highest BCUT2D eigenvalue weighted by Crippen LogP contribution is 2.46. The Hall–Kier alpha value is -3.07. The molecule has 2 aliphatic rings. The Morgan fingerprint density at radius 3 is 2.43 bits per heavy atom. The summed E-state index contributed by atoms with van der Waals surface area (Å²) in [5.74, 6) is -5.18. The highest BCUT2D eigenvalue weighted by Gasteiger charge is 2.53. The van der Waals surface area contributed by atoms with Crippen molar-refractivity contribution in [2.24, 2.45) is 7.05 Å². The van der Waals surface area contributed by atoms with Gasteiger partial charge in [0.2, 0.25) is 16.0 Å². The number of aryl methyl sites for hydroxylation is 1. The summed E-state index contributed by atoms with van der Waals surface area (Å²) >= 11 is 0. The number of fused-ring (bicyclic) bond motifs is 1. The molecule has 3 heterocycles. The van der Waals surface area contributed by atoms with E-state index in [1.807, 2.05) is 4.90 Å². The van der Waals surface area contributed by atoms with Crippen LogP contribution in [0.3, 0.4) is 0 Å². The molecule has 2 aromatic heterocycles. The molecule has 1 aliphatic carbocycles. The van der Waals surface area contributed by atoms with Crippen LogP contribution in [0.1, 0.15) is 18.4 Å². The van der Waals surface area contributed by atoms with E-state index in [0.717, 1.165) is 19.1 Å². The molecule has 1 aromatic carbocycles. The molecule has 35 heavy (non-hydrogen) atoms. The molecule has 1 saturated heterocycles. The zero-order chi connectivity index (χ0) is 25.5. The van der Waals surface area contributed by atoms with Crippen LogP contribution < -0.4 is 4.90 Å². The second kappa shape index (κ2) is 7.46. The van der Waals surface area contributed by atoms with E-state index in [0.29, 0.717) is 6.54 Å². The van der Waals surface area contributed by atoms with Crippen LogP contribution in [0.15, 0.2) is 12.3 Å². The van der Waals surface area contributed by atoms with Crippen LogP contribution in [0.25, 0.3) is 22.3 Å². The molecule has 0 amide bonds. The van der Waals surface area contributed by atoms with Gasteiger partial charge in [-0.2, -0.15) is 27.6 Å². The number of anilines is 1. The molecule has 0 radical (unpaired) electrons. The molecular weight excluding hydrogens is 499 g/mol. The van der Waals surface area contributed by atoms with Crippen molar-refractivity contribution < 1.29 is 35.5 Å². The lowest BCUT2D eigenvalue weighted by molar-refractivity contribution is -0.140. The maximum atomic E-state index is 14.7. The Bertz CT molecular complexity index is 1470. The second-order valence-corrected chi connectivity index (χ2v) is 10.8. The average Bonchev–Trinajstić information content (AvgIpc) is 3.45. The van der Waals surface area contributed by atoms with Gasteiger partial charge in [-0.15, -0.1) is 0 Å². The fourth-order valence-electron chi connectivity index (χ4n) is 4.47. The monoisotopic (exact) mass is 518 g/mol. The van der Waals surface area contributed by atoms with Gasteiger partial charge in [0, 0.05) is 38.4 Å². The molecule has 1 N–H and O–H groups in total. The van der Waals surface area contributed by atoms with Gasteiger partial charge in [0.15, 0.2) is 23.0 Å². The van der Waals surface area contributed by atoms with Crippen molar-refractivity contribution in [3.8, 4) is 17.0 Å². The van der Waals surface area contributed by atoms with E-state index >= 15 is 0 Å². The van der Waals surface area contributed by atoms with E-state index in [2.05, 4.69) is 15.1 Å². The molecule has 2 fully saturated rings. The third-order valence-electron chi connectivity index (χ3n) is 6.46. The van der Waals surface area contributed by atoms with E-state index in [1.165, 1.54) is 22.2 Å². The second-order valence-electron chi connectivity index (χ2n) is 8.80. The van der Waals surface area contributed by atoms with Gasteiger partial charge in [-0.1, -0.05) is 0 Å². The number of rotatable bonds is 3. The quantitative estimate of drug-likeness (QED) is 0.532. The van der Waals surface area contributed by atoms with E-state index in [4.69, 9.17) is 0 Å². The summed E-state index contributed by atoms with van der Waals surface area (Å²) < 4.78 is 94.9. The molecule has 0 bridgehead atoms. The number of hydrogen-bond donors (Lipinski definition) is 1. The number of halogens is 5. The summed E-state index contributed by atoms with van der Waals surface area (Å²) in [6.07, 6.45) is -1.29. The molecule has 1 aliphatic heterocycles. The number of aromatic nitrogens is 4. The zero-order valence-corrected chi connectivity index (χ0v) is 19.3. The molecule has 3 aromatic rings. The normalized spacial score (nSPS) is 18.5. The lowest BCUT2D eigenvalue weighted by Crippen LogP contribution is -2.56. The van der Waals surface area contributed by atoms with Gasteiger partial charge in [0.25, 0.3) is 0 Å². The first-order chi connectivity index (χ1) is 16.2. The number of phenolic OH excluding ortho intramolecular Hbond substituents is 1. The SMILES string of the molecule is Cn1nc(-c2cc(C(F)(F)F)c(F)c(O)c2F)c2cnc(N3CCN(S(C)(=O)=O)CC34CC4)nc21. The zero-order valence-electron chi connectivity index (χ0n) is 18.4. The molecule has 188 valence electrons. The predicted molar refractivity (Wildman–Crippen MR) is 114 cm³/mol. The van der Waals surface area contributed by atoms with Crippen LogP contribution in [0, 0.1) is 11.6 Å². The fourth-order valence-corrected chi connectivity index (χ4v) is 5.36. The highest BCUT2D eigenvalue weighted by molar-refractivity contribution is 7.88. The maximum Gasteiger partial charge on any atom is 0.419 e. The van der Waals surface area contributed by atoms with Crippen LogP contribution in [0.4, 0.5) is 27.9 Å². The predicted octanol–water partition coefficient (Wildman–Crippen LogP) is 2.65. The summed E-state index contributed by atoms with van der Waals surface area (Å²) in [6.45, 7) is 0.849. The fraction of sp³-hybridized carbons (Fsp3) is 0.450. The molecule has 1 spiro atoms. The lowest BCUT2D eigenvalue weighted by atomic mass is 10.0.